The number of aromatic nitrogens is 1. The normalized spacial score (nSPS) is 11.9. The second-order valence-corrected chi connectivity index (χ2v) is 4.09. The van der Waals surface area contributed by atoms with Crippen LogP contribution in [0.15, 0.2) is 18.2 Å². The van der Waals surface area contributed by atoms with Crippen molar-refractivity contribution in [3.63, 3.8) is 0 Å². The van der Waals surface area contributed by atoms with E-state index in [0.29, 0.717) is 12.2 Å². The molecule has 1 unspecified atom stereocenters. The Morgan fingerprint density at radius 3 is 2.94 bits per heavy atom. The number of hydrogen-bond donors (Lipinski definition) is 2. The molecule has 1 rings (SSSR count). The van der Waals surface area contributed by atoms with Crippen molar-refractivity contribution in [1.29, 1.82) is 0 Å². The molecule has 1 aromatic heterocycles. The van der Waals surface area contributed by atoms with Crippen molar-refractivity contribution in [2.75, 3.05) is 25.5 Å². The summed E-state index contributed by atoms with van der Waals surface area (Å²) in [6.45, 7) is 5.30. The van der Waals surface area contributed by atoms with Crippen molar-refractivity contribution in [2.45, 2.75) is 26.4 Å². The average Bonchev–Trinajstić information content (AvgIpc) is 2.42. The minimum Gasteiger partial charge on any atom is -0.380 e. The molecule has 0 fully saturated rings. The van der Waals surface area contributed by atoms with E-state index in [1.165, 1.54) is 0 Å². The summed E-state index contributed by atoms with van der Waals surface area (Å²) < 4.78 is 5.07. The van der Waals surface area contributed by atoms with Crippen LogP contribution in [0, 0.1) is 0 Å². The fourth-order valence-corrected chi connectivity index (χ4v) is 1.32. The van der Waals surface area contributed by atoms with E-state index in [0.717, 1.165) is 18.8 Å². The third kappa shape index (κ3) is 4.71. The number of carbonyl (C=O) groups excluding carboxylic acids is 1. The highest BCUT2D eigenvalue weighted by molar-refractivity contribution is 5.92. The number of methoxy groups -OCH3 is 1. The number of nitrogens with one attached hydrogen (secondary N) is 2. The lowest BCUT2D eigenvalue weighted by atomic mass is 10.3. The molecule has 0 aliphatic heterocycles. The monoisotopic (exact) mass is 251 g/mol. The Labute approximate surface area is 108 Å². The van der Waals surface area contributed by atoms with Crippen LogP contribution in [0.4, 0.5) is 5.82 Å². The van der Waals surface area contributed by atoms with Crippen LogP contribution in [0.2, 0.25) is 0 Å². The molecule has 1 amide bonds. The molecular formula is C13H21N3O2. The molecule has 1 aromatic rings. The molecule has 1 atom stereocenters. The summed E-state index contributed by atoms with van der Waals surface area (Å²) in [4.78, 5) is 16.1. The maximum Gasteiger partial charge on any atom is 0.270 e. The molecule has 0 spiro atoms. The van der Waals surface area contributed by atoms with Crippen molar-refractivity contribution in [3.05, 3.63) is 23.9 Å². The number of nitrogens with zero attached hydrogens (tertiary/aromatic N) is 1. The number of ether oxygens (including phenoxy) is 1. The van der Waals surface area contributed by atoms with E-state index in [4.69, 9.17) is 4.74 Å². The van der Waals surface area contributed by atoms with Gasteiger partial charge in [-0.1, -0.05) is 13.0 Å². The number of carbonyl (C=O) groups is 1. The highest BCUT2D eigenvalue weighted by atomic mass is 16.5. The number of amides is 1. The molecule has 0 aliphatic rings. The molecule has 5 heteroatoms. The molecule has 0 aliphatic carbocycles. The van der Waals surface area contributed by atoms with Gasteiger partial charge in [0.1, 0.15) is 11.5 Å². The van der Waals surface area contributed by atoms with E-state index < -0.39 is 0 Å². The number of pyridine rings is 1. The Morgan fingerprint density at radius 1 is 1.50 bits per heavy atom. The van der Waals surface area contributed by atoms with Gasteiger partial charge in [0.25, 0.3) is 5.91 Å². The minimum atomic E-state index is -0.181. The summed E-state index contributed by atoms with van der Waals surface area (Å²) >= 11 is 0. The standard InChI is InChI=1S/C13H21N3O2/c1-4-8-14-12-7-5-6-11(16-12)13(17)15-9-10(2)18-3/h5-7,10H,4,8-9H2,1-3H3,(H,14,16)(H,15,17). The third-order valence-electron chi connectivity index (χ3n) is 2.49. The Balaban J connectivity index is 2.56. The zero-order chi connectivity index (χ0) is 13.4. The second-order valence-electron chi connectivity index (χ2n) is 4.09. The van der Waals surface area contributed by atoms with Gasteiger partial charge in [0.2, 0.25) is 0 Å². The molecule has 2 N–H and O–H groups in total. The van der Waals surface area contributed by atoms with Crippen LogP contribution in [0.3, 0.4) is 0 Å². The Bertz CT molecular complexity index is 382. The number of anilines is 1. The van der Waals surface area contributed by atoms with E-state index in [2.05, 4.69) is 22.5 Å². The largest absolute Gasteiger partial charge is 0.380 e. The van der Waals surface area contributed by atoms with E-state index >= 15 is 0 Å². The summed E-state index contributed by atoms with van der Waals surface area (Å²) in [6, 6.07) is 5.37. The van der Waals surface area contributed by atoms with Crippen molar-refractivity contribution in [3.8, 4) is 0 Å². The van der Waals surface area contributed by atoms with Gasteiger partial charge >= 0.3 is 0 Å². The molecule has 100 valence electrons. The third-order valence-corrected chi connectivity index (χ3v) is 2.49. The molecule has 1 heterocycles. The summed E-state index contributed by atoms with van der Waals surface area (Å²) in [5.41, 5.74) is 0.416. The van der Waals surface area contributed by atoms with Gasteiger partial charge in [-0.2, -0.15) is 0 Å². The van der Waals surface area contributed by atoms with E-state index in [-0.39, 0.29) is 12.0 Å². The van der Waals surface area contributed by atoms with Gasteiger partial charge in [-0.3, -0.25) is 4.79 Å². The van der Waals surface area contributed by atoms with Crippen LogP contribution < -0.4 is 10.6 Å². The van der Waals surface area contributed by atoms with Gasteiger partial charge in [-0.15, -0.1) is 0 Å². The topological polar surface area (TPSA) is 63.2 Å². The van der Waals surface area contributed by atoms with Gasteiger partial charge in [0.15, 0.2) is 0 Å². The lowest BCUT2D eigenvalue weighted by Gasteiger charge is -2.11. The van der Waals surface area contributed by atoms with Crippen molar-refractivity contribution >= 4 is 11.7 Å². The van der Waals surface area contributed by atoms with Gasteiger partial charge in [0, 0.05) is 20.2 Å². The Hall–Kier alpha value is -1.62. The molecule has 5 nitrogen and oxygen atoms in total. The molecule has 0 saturated carbocycles. The maximum atomic E-state index is 11.8. The van der Waals surface area contributed by atoms with Crippen molar-refractivity contribution < 1.29 is 9.53 Å². The molecule has 0 aromatic carbocycles. The van der Waals surface area contributed by atoms with E-state index in [1.54, 1.807) is 13.2 Å². The fraction of sp³-hybridized carbons (Fsp3) is 0.538. The first kappa shape index (κ1) is 14.4. The predicted octanol–water partition coefficient (Wildman–Crippen LogP) is 1.67. The van der Waals surface area contributed by atoms with Crippen molar-refractivity contribution in [2.24, 2.45) is 0 Å². The lowest BCUT2D eigenvalue weighted by molar-refractivity contribution is 0.0866. The summed E-state index contributed by atoms with van der Waals surface area (Å²) in [7, 11) is 1.62. The summed E-state index contributed by atoms with van der Waals surface area (Å²) in [6.07, 6.45) is 1.01. The van der Waals surface area contributed by atoms with Crippen LogP contribution in [-0.2, 0) is 4.74 Å². The first-order valence-electron chi connectivity index (χ1n) is 6.19. The first-order valence-corrected chi connectivity index (χ1v) is 6.19. The lowest BCUT2D eigenvalue weighted by Crippen LogP contribution is -2.32. The van der Waals surface area contributed by atoms with Crippen molar-refractivity contribution in [1.82, 2.24) is 10.3 Å². The first-order chi connectivity index (χ1) is 8.67. The predicted molar refractivity (Wildman–Crippen MR) is 71.8 cm³/mol. The SMILES string of the molecule is CCCNc1cccc(C(=O)NCC(C)OC)n1. The molecule has 0 saturated heterocycles. The van der Waals surface area contributed by atoms with Crippen LogP contribution in [-0.4, -0.2) is 37.2 Å². The minimum absolute atomic E-state index is 0.00431. The highest BCUT2D eigenvalue weighted by Crippen LogP contribution is 2.04. The quantitative estimate of drug-likeness (QED) is 0.773. The number of hydrogen-bond acceptors (Lipinski definition) is 4. The smallest absolute Gasteiger partial charge is 0.270 e. The maximum absolute atomic E-state index is 11.8. The number of rotatable bonds is 7. The fourth-order valence-electron chi connectivity index (χ4n) is 1.32. The van der Waals surface area contributed by atoms with E-state index in [1.807, 2.05) is 19.1 Å². The van der Waals surface area contributed by atoms with Gasteiger partial charge in [0.05, 0.1) is 6.10 Å². The van der Waals surface area contributed by atoms with Crippen LogP contribution >= 0.6 is 0 Å². The van der Waals surface area contributed by atoms with Crippen LogP contribution in [0.25, 0.3) is 0 Å². The van der Waals surface area contributed by atoms with E-state index in [9.17, 15) is 4.79 Å². The average molecular weight is 251 g/mol. The van der Waals surface area contributed by atoms with Gasteiger partial charge in [-0.05, 0) is 25.5 Å². The van der Waals surface area contributed by atoms with Gasteiger partial charge < -0.3 is 15.4 Å². The molecule has 0 bridgehead atoms. The molecule has 0 radical (unpaired) electrons. The Kier molecular flexibility index (Phi) is 6.14. The molecular weight excluding hydrogens is 230 g/mol. The van der Waals surface area contributed by atoms with Crippen LogP contribution in [0.1, 0.15) is 30.8 Å². The Morgan fingerprint density at radius 2 is 2.28 bits per heavy atom. The zero-order valence-electron chi connectivity index (χ0n) is 11.2. The van der Waals surface area contributed by atoms with Gasteiger partial charge in [-0.25, -0.2) is 4.98 Å². The molecule has 18 heavy (non-hydrogen) atoms. The van der Waals surface area contributed by atoms with Crippen LogP contribution in [0.5, 0.6) is 0 Å². The second kappa shape index (κ2) is 7.66. The highest BCUT2D eigenvalue weighted by Gasteiger charge is 2.09. The summed E-state index contributed by atoms with van der Waals surface area (Å²) in [5, 5.41) is 5.93. The zero-order valence-corrected chi connectivity index (χ0v) is 11.2. The summed E-state index contributed by atoms with van der Waals surface area (Å²) in [5.74, 6) is 0.545.